The lowest BCUT2D eigenvalue weighted by Gasteiger charge is -2.23. The maximum Gasteiger partial charge on any atom is 0.323 e. The molecule has 0 spiro atoms. The fourth-order valence-corrected chi connectivity index (χ4v) is 1.74. The van der Waals surface area contributed by atoms with Gasteiger partial charge < -0.3 is 20.1 Å². The molecule has 0 aliphatic heterocycles. The minimum atomic E-state index is -1.13. The quantitative estimate of drug-likeness (QED) is 0.845. The van der Waals surface area contributed by atoms with Crippen molar-refractivity contribution in [1.29, 1.82) is 0 Å². The van der Waals surface area contributed by atoms with Crippen molar-refractivity contribution in [3.05, 3.63) is 24.0 Å². The van der Waals surface area contributed by atoms with Gasteiger partial charge in [0, 0.05) is 12.6 Å². The lowest BCUT2D eigenvalue weighted by molar-refractivity contribution is -0.137. The lowest BCUT2D eigenvalue weighted by Crippen LogP contribution is -2.41. The van der Waals surface area contributed by atoms with Gasteiger partial charge in [0.25, 0.3) is 0 Å². The van der Waals surface area contributed by atoms with Crippen LogP contribution in [0.5, 0.6) is 5.75 Å². The first kappa shape index (κ1) is 16.7. The van der Waals surface area contributed by atoms with Crippen LogP contribution in [-0.4, -0.2) is 42.2 Å². The van der Waals surface area contributed by atoms with Crippen LogP contribution in [0.3, 0.4) is 0 Å². The van der Waals surface area contributed by atoms with Gasteiger partial charge in [-0.15, -0.1) is 0 Å². The molecule has 6 nitrogen and oxygen atoms in total. The fourth-order valence-electron chi connectivity index (χ4n) is 1.74. The van der Waals surface area contributed by atoms with Crippen molar-refractivity contribution in [3.8, 4) is 5.75 Å². The molecule has 0 aliphatic carbocycles. The Bertz CT molecular complexity index is 520. The molecular weight excluding hydrogens is 279 g/mol. The number of methoxy groups -OCH3 is 1. The van der Waals surface area contributed by atoms with Gasteiger partial charge in [-0.25, -0.2) is 9.18 Å². The van der Waals surface area contributed by atoms with Crippen LogP contribution in [0.15, 0.2) is 18.2 Å². The summed E-state index contributed by atoms with van der Waals surface area (Å²) >= 11 is 0. The highest BCUT2D eigenvalue weighted by Crippen LogP contribution is 2.21. The maximum absolute atomic E-state index is 13.6. The summed E-state index contributed by atoms with van der Waals surface area (Å²) in [4.78, 5) is 24.0. The monoisotopic (exact) mass is 298 g/mol. The lowest BCUT2D eigenvalue weighted by atomic mass is 10.2. The molecular formula is C14H19FN2O4. The number of anilines is 1. The Hall–Kier alpha value is -2.31. The summed E-state index contributed by atoms with van der Waals surface area (Å²) in [5.74, 6) is -1.27. The molecule has 1 rings (SSSR count). The van der Waals surface area contributed by atoms with Crippen LogP contribution in [0.4, 0.5) is 14.9 Å². The van der Waals surface area contributed by atoms with E-state index in [1.54, 1.807) is 0 Å². The first-order chi connectivity index (χ1) is 9.83. The van der Waals surface area contributed by atoms with Gasteiger partial charge in [0.05, 0.1) is 12.8 Å². The van der Waals surface area contributed by atoms with Crippen molar-refractivity contribution in [1.82, 2.24) is 4.90 Å². The number of carbonyl (C=O) groups excluding carboxylic acids is 1. The molecule has 0 bridgehead atoms. The minimum Gasteiger partial charge on any atom is -0.497 e. The number of halogens is 1. The molecule has 2 amide bonds. The molecule has 0 saturated heterocycles. The average Bonchev–Trinajstić information content (AvgIpc) is 2.39. The van der Waals surface area contributed by atoms with Gasteiger partial charge in [-0.3, -0.25) is 4.79 Å². The summed E-state index contributed by atoms with van der Waals surface area (Å²) in [7, 11) is 1.42. The Balaban J connectivity index is 2.87. The van der Waals surface area contributed by atoms with Crippen LogP contribution in [-0.2, 0) is 4.79 Å². The number of carboxylic acids is 1. The SMILES string of the molecule is COc1ccc(F)c(NC(=O)N(CC(=O)O)CC(C)C)c1. The summed E-state index contributed by atoms with van der Waals surface area (Å²) in [6, 6.07) is 3.26. The van der Waals surface area contributed by atoms with Gasteiger partial charge in [-0.1, -0.05) is 13.8 Å². The molecule has 21 heavy (non-hydrogen) atoms. The molecule has 0 saturated carbocycles. The zero-order valence-electron chi connectivity index (χ0n) is 12.2. The van der Waals surface area contributed by atoms with Gasteiger partial charge in [0.1, 0.15) is 18.1 Å². The zero-order chi connectivity index (χ0) is 16.0. The molecule has 2 N–H and O–H groups in total. The van der Waals surface area contributed by atoms with Crippen molar-refractivity contribution in [3.63, 3.8) is 0 Å². The van der Waals surface area contributed by atoms with Crippen LogP contribution in [0.1, 0.15) is 13.8 Å². The number of amides is 2. The second kappa shape index (κ2) is 7.47. The number of aliphatic carboxylic acids is 1. The number of benzene rings is 1. The van der Waals surface area contributed by atoms with Crippen molar-refractivity contribution in [2.75, 3.05) is 25.5 Å². The number of rotatable bonds is 6. The van der Waals surface area contributed by atoms with E-state index in [1.165, 1.54) is 25.3 Å². The summed E-state index contributed by atoms with van der Waals surface area (Å²) in [6.45, 7) is 3.52. The predicted octanol–water partition coefficient (Wildman–Crippen LogP) is 2.41. The number of carboxylic acid groups (broad SMARTS) is 1. The first-order valence-corrected chi connectivity index (χ1v) is 6.44. The van der Waals surface area contributed by atoms with E-state index in [4.69, 9.17) is 9.84 Å². The number of carbonyl (C=O) groups is 2. The van der Waals surface area contributed by atoms with E-state index in [9.17, 15) is 14.0 Å². The molecule has 0 radical (unpaired) electrons. The third-order valence-corrected chi connectivity index (χ3v) is 2.61. The number of ether oxygens (including phenoxy) is 1. The highest BCUT2D eigenvalue weighted by Gasteiger charge is 2.19. The summed E-state index contributed by atoms with van der Waals surface area (Å²) in [5.41, 5.74) is -0.0569. The van der Waals surface area contributed by atoms with Gasteiger partial charge in [-0.2, -0.15) is 0 Å². The van der Waals surface area contributed by atoms with Crippen molar-refractivity contribution in [2.24, 2.45) is 5.92 Å². The first-order valence-electron chi connectivity index (χ1n) is 6.44. The van der Waals surface area contributed by atoms with Crippen LogP contribution in [0, 0.1) is 11.7 Å². The van der Waals surface area contributed by atoms with Crippen molar-refractivity contribution >= 4 is 17.7 Å². The topological polar surface area (TPSA) is 78.9 Å². The molecule has 1 aromatic carbocycles. The molecule has 7 heteroatoms. The molecule has 116 valence electrons. The average molecular weight is 298 g/mol. The van der Waals surface area contributed by atoms with Gasteiger partial charge in [-0.05, 0) is 18.1 Å². The Morgan fingerprint density at radius 1 is 1.43 bits per heavy atom. The molecule has 0 fully saturated rings. The highest BCUT2D eigenvalue weighted by molar-refractivity contribution is 5.91. The minimum absolute atomic E-state index is 0.0569. The number of nitrogens with zero attached hydrogens (tertiary/aromatic N) is 1. The fraction of sp³-hybridized carbons (Fsp3) is 0.429. The predicted molar refractivity (Wildman–Crippen MR) is 76.0 cm³/mol. The van der Waals surface area contributed by atoms with Crippen molar-refractivity contribution < 1.29 is 23.8 Å². The number of urea groups is 1. The Morgan fingerprint density at radius 3 is 2.62 bits per heavy atom. The second-order valence-corrected chi connectivity index (χ2v) is 4.94. The molecule has 1 aromatic rings. The van der Waals surface area contributed by atoms with Crippen molar-refractivity contribution in [2.45, 2.75) is 13.8 Å². The van der Waals surface area contributed by atoms with Crippen LogP contribution >= 0.6 is 0 Å². The summed E-state index contributed by atoms with van der Waals surface area (Å²) in [6.07, 6.45) is 0. The highest BCUT2D eigenvalue weighted by atomic mass is 19.1. The normalized spacial score (nSPS) is 10.3. The van der Waals surface area contributed by atoms with E-state index in [0.29, 0.717) is 5.75 Å². The third kappa shape index (κ3) is 5.29. The van der Waals surface area contributed by atoms with E-state index in [2.05, 4.69) is 5.32 Å². The molecule has 0 unspecified atom stereocenters. The molecule has 0 aromatic heterocycles. The molecule has 0 atom stereocenters. The second-order valence-electron chi connectivity index (χ2n) is 4.94. The molecule has 0 heterocycles. The van der Waals surface area contributed by atoms with E-state index in [1.807, 2.05) is 13.8 Å². The number of nitrogens with one attached hydrogen (secondary N) is 1. The maximum atomic E-state index is 13.6. The van der Waals surface area contributed by atoms with Gasteiger partial charge >= 0.3 is 12.0 Å². The smallest absolute Gasteiger partial charge is 0.323 e. The van der Waals surface area contributed by atoms with E-state index >= 15 is 0 Å². The number of hydrogen-bond donors (Lipinski definition) is 2. The third-order valence-electron chi connectivity index (χ3n) is 2.61. The molecule has 0 aliphatic rings. The van der Waals surface area contributed by atoms with Crippen LogP contribution in [0.2, 0.25) is 0 Å². The van der Waals surface area contributed by atoms with E-state index in [-0.39, 0.29) is 18.2 Å². The Kier molecular flexibility index (Phi) is 5.95. The zero-order valence-corrected chi connectivity index (χ0v) is 12.2. The largest absolute Gasteiger partial charge is 0.497 e. The van der Waals surface area contributed by atoms with Crippen LogP contribution in [0.25, 0.3) is 0 Å². The summed E-state index contributed by atoms with van der Waals surface area (Å²) < 4.78 is 18.6. The standard InChI is InChI=1S/C14H19FN2O4/c1-9(2)7-17(8-13(18)19)14(20)16-12-6-10(21-3)4-5-11(12)15/h4-6,9H,7-8H2,1-3H3,(H,16,20)(H,18,19). The Morgan fingerprint density at radius 2 is 2.10 bits per heavy atom. The van der Waals surface area contributed by atoms with E-state index in [0.717, 1.165) is 4.90 Å². The van der Waals surface area contributed by atoms with Gasteiger partial charge in [0.2, 0.25) is 0 Å². The Labute approximate surface area is 122 Å². The van der Waals surface area contributed by atoms with Gasteiger partial charge in [0.15, 0.2) is 0 Å². The summed E-state index contributed by atoms with van der Waals surface area (Å²) in [5, 5.41) is 11.2. The number of hydrogen-bond acceptors (Lipinski definition) is 3. The van der Waals surface area contributed by atoms with Crippen LogP contribution < -0.4 is 10.1 Å². The van der Waals surface area contributed by atoms with E-state index < -0.39 is 24.4 Å².